The standard InChI is InChI=1S/C13H26N2O3/c1-5-6-10(14)8-12(16)15-11(7-9(2)3)13(17)18-4/h9-11H,5-8,14H2,1-4H3,(H,15,16)/t10?,11-/m0/s1. The van der Waals surface area contributed by atoms with Crippen molar-refractivity contribution in [2.24, 2.45) is 11.7 Å². The largest absolute Gasteiger partial charge is 0.467 e. The predicted octanol–water partition coefficient (Wildman–Crippen LogP) is 1.21. The lowest BCUT2D eigenvalue weighted by atomic mass is 10.0. The summed E-state index contributed by atoms with van der Waals surface area (Å²) < 4.78 is 4.68. The second kappa shape index (κ2) is 8.91. The molecule has 18 heavy (non-hydrogen) atoms. The zero-order chi connectivity index (χ0) is 14.1. The minimum absolute atomic E-state index is 0.146. The highest BCUT2D eigenvalue weighted by Gasteiger charge is 2.23. The Kier molecular flexibility index (Phi) is 8.37. The third-order valence-corrected chi connectivity index (χ3v) is 2.64. The number of ether oxygens (including phenoxy) is 1. The lowest BCUT2D eigenvalue weighted by Gasteiger charge is -2.19. The molecule has 5 nitrogen and oxygen atoms in total. The van der Waals surface area contributed by atoms with Gasteiger partial charge < -0.3 is 15.8 Å². The number of hydrogen-bond acceptors (Lipinski definition) is 4. The quantitative estimate of drug-likeness (QED) is 0.641. The first-order valence-electron chi connectivity index (χ1n) is 6.53. The maximum Gasteiger partial charge on any atom is 0.328 e. The Morgan fingerprint density at radius 3 is 2.39 bits per heavy atom. The minimum Gasteiger partial charge on any atom is -0.467 e. The Morgan fingerprint density at radius 1 is 1.33 bits per heavy atom. The summed E-state index contributed by atoms with van der Waals surface area (Å²) in [5.41, 5.74) is 5.79. The second-order valence-corrected chi connectivity index (χ2v) is 5.03. The van der Waals surface area contributed by atoms with Crippen LogP contribution in [0.3, 0.4) is 0 Å². The first-order chi connectivity index (χ1) is 8.40. The van der Waals surface area contributed by atoms with Crippen LogP contribution in [0.2, 0.25) is 0 Å². The fourth-order valence-corrected chi connectivity index (χ4v) is 1.79. The Hall–Kier alpha value is -1.10. The number of methoxy groups -OCH3 is 1. The lowest BCUT2D eigenvalue weighted by Crippen LogP contribution is -2.44. The van der Waals surface area contributed by atoms with E-state index in [9.17, 15) is 9.59 Å². The molecule has 0 heterocycles. The van der Waals surface area contributed by atoms with Crippen LogP contribution in [0.5, 0.6) is 0 Å². The second-order valence-electron chi connectivity index (χ2n) is 5.03. The number of nitrogens with one attached hydrogen (secondary N) is 1. The molecule has 0 saturated carbocycles. The van der Waals surface area contributed by atoms with E-state index in [0.717, 1.165) is 12.8 Å². The Balaban J connectivity index is 4.30. The van der Waals surface area contributed by atoms with Gasteiger partial charge in [0.05, 0.1) is 7.11 Å². The molecule has 0 aliphatic rings. The number of carbonyl (C=O) groups excluding carboxylic acids is 2. The molecule has 0 aromatic carbocycles. The van der Waals surface area contributed by atoms with Crippen LogP contribution in [0.4, 0.5) is 0 Å². The molecular weight excluding hydrogens is 232 g/mol. The van der Waals surface area contributed by atoms with E-state index in [-0.39, 0.29) is 18.4 Å². The number of esters is 1. The first-order valence-corrected chi connectivity index (χ1v) is 6.53. The van der Waals surface area contributed by atoms with Gasteiger partial charge in [0, 0.05) is 12.5 Å². The average molecular weight is 258 g/mol. The molecule has 0 aliphatic carbocycles. The smallest absolute Gasteiger partial charge is 0.328 e. The van der Waals surface area contributed by atoms with Crippen LogP contribution in [0.25, 0.3) is 0 Å². The van der Waals surface area contributed by atoms with Crippen molar-refractivity contribution < 1.29 is 14.3 Å². The van der Waals surface area contributed by atoms with Crippen molar-refractivity contribution in [1.29, 1.82) is 0 Å². The molecule has 0 saturated heterocycles. The van der Waals surface area contributed by atoms with Crippen LogP contribution in [-0.4, -0.2) is 31.1 Å². The Bertz CT molecular complexity index is 267. The molecule has 3 N–H and O–H groups in total. The molecule has 0 aromatic rings. The fourth-order valence-electron chi connectivity index (χ4n) is 1.79. The van der Waals surface area contributed by atoms with Crippen molar-refractivity contribution >= 4 is 11.9 Å². The molecule has 0 bridgehead atoms. The van der Waals surface area contributed by atoms with Gasteiger partial charge >= 0.3 is 5.97 Å². The molecule has 1 unspecified atom stereocenters. The summed E-state index contributed by atoms with van der Waals surface area (Å²) in [6.07, 6.45) is 2.57. The number of hydrogen-bond donors (Lipinski definition) is 2. The van der Waals surface area contributed by atoms with Crippen LogP contribution in [-0.2, 0) is 14.3 Å². The maximum absolute atomic E-state index is 11.7. The maximum atomic E-state index is 11.7. The molecule has 0 aliphatic heterocycles. The Labute approximate surface area is 109 Å². The lowest BCUT2D eigenvalue weighted by molar-refractivity contribution is -0.145. The number of rotatable bonds is 8. The highest BCUT2D eigenvalue weighted by molar-refractivity contribution is 5.84. The van der Waals surface area contributed by atoms with E-state index < -0.39 is 12.0 Å². The van der Waals surface area contributed by atoms with Crippen LogP contribution < -0.4 is 11.1 Å². The SMILES string of the molecule is CCCC(N)CC(=O)N[C@@H](CC(C)C)C(=O)OC. The van der Waals surface area contributed by atoms with Crippen molar-refractivity contribution in [3.63, 3.8) is 0 Å². The van der Waals surface area contributed by atoms with Crippen molar-refractivity contribution in [3.8, 4) is 0 Å². The van der Waals surface area contributed by atoms with Crippen LogP contribution in [0.1, 0.15) is 46.5 Å². The normalized spacial score (nSPS) is 14.1. The van der Waals surface area contributed by atoms with Gasteiger partial charge in [-0.15, -0.1) is 0 Å². The van der Waals surface area contributed by atoms with E-state index in [0.29, 0.717) is 12.3 Å². The van der Waals surface area contributed by atoms with Crippen LogP contribution in [0.15, 0.2) is 0 Å². The van der Waals surface area contributed by atoms with E-state index in [4.69, 9.17) is 5.73 Å². The Morgan fingerprint density at radius 2 is 1.94 bits per heavy atom. The molecule has 5 heteroatoms. The summed E-state index contributed by atoms with van der Waals surface area (Å²) >= 11 is 0. The summed E-state index contributed by atoms with van der Waals surface area (Å²) in [4.78, 5) is 23.3. The molecule has 0 aromatic heterocycles. The highest BCUT2D eigenvalue weighted by atomic mass is 16.5. The zero-order valence-electron chi connectivity index (χ0n) is 11.9. The molecule has 2 atom stereocenters. The first kappa shape index (κ1) is 16.9. The molecular formula is C13H26N2O3. The van der Waals surface area contributed by atoms with Crippen LogP contribution in [0, 0.1) is 5.92 Å². The zero-order valence-corrected chi connectivity index (χ0v) is 11.9. The van der Waals surface area contributed by atoms with Crippen LogP contribution >= 0.6 is 0 Å². The van der Waals surface area contributed by atoms with Crippen molar-refractivity contribution in [1.82, 2.24) is 5.32 Å². The third kappa shape index (κ3) is 7.27. The van der Waals surface area contributed by atoms with E-state index in [1.54, 1.807) is 0 Å². The van der Waals surface area contributed by atoms with E-state index in [2.05, 4.69) is 10.1 Å². The van der Waals surface area contributed by atoms with E-state index in [1.165, 1.54) is 7.11 Å². The van der Waals surface area contributed by atoms with Crippen molar-refractivity contribution in [3.05, 3.63) is 0 Å². The molecule has 0 spiro atoms. The summed E-state index contributed by atoms with van der Waals surface area (Å²) in [6.45, 7) is 6.00. The van der Waals surface area contributed by atoms with Gasteiger partial charge in [-0.05, 0) is 18.8 Å². The third-order valence-electron chi connectivity index (χ3n) is 2.64. The van der Waals surface area contributed by atoms with Gasteiger partial charge in [0.1, 0.15) is 6.04 Å². The van der Waals surface area contributed by atoms with Crippen molar-refractivity contribution in [2.45, 2.75) is 58.5 Å². The summed E-state index contributed by atoms with van der Waals surface area (Å²) in [5.74, 6) is -0.285. The van der Waals surface area contributed by atoms with Gasteiger partial charge in [-0.3, -0.25) is 4.79 Å². The molecule has 106 valence electrons. The highest BCUT2D eigenvalue weighted by Crippen LogP contribution is 2.07. The number of nitrogens with two attached hydrogens (primary N) is 1. The van der Waals surface area contributed by atoms with Gasteiger partial charge in [-0.1, -0.05) is 27.2 Å². The van der Waals surface area contributed by atoms with Gasteiger partial charge in [0.25, 0.3) is 0 Å². The molecule has 0 fully saturated rings. The van der Waals surface area contributed by atoms with E-state index in [1.807, 2.05) is 20.8 Å². The van der Waals surface area contributed by atoms with Gasteiger partial charge in [-0.25, -0.2) is 4.79 Å². The summed E-state index contributed by atoms with van der Waals surface area (Å²) in [6, 6.07) is -0.719. The van der Waals surface area contributed by atoms with E-state index >= 15 is 0 Å². The number of carbonyl (C=O) groups is 2. The number of amides is 1. The van der Waals surface area contributed by atoms with Gasteiger partial charge in [0.15, 0.2) is 0 Å². The topological polar surface area (TPSA) is 81.4 Å². The summed E-state index contributed by atoms with van der Waals surface area (Å²) in [7, 11) is 1.32. The minimum atomic E-state index is -0.573. The molecule has 1 amide bonds. The fraction of sp³-hybridized carbons (Fsp3) is 0.846. The molecule has 0 radical (unpaired) electrons. The van der Waals surface area contributed by atoms with Gasteiger partial charge in [-0.2, -0.15) is 0 Å². The monoisotopic (exact) mass is 258 g/mol. The summed E-state index contributed by atoms with van der Waals surface area (Å²) in [5, 5.41) is 2.69. The van der Waals surface area contributed by atoms with Gasteiger partial charge in [0.2, 0.25) is 5.91 Å². The van der Waals surface area contributed by atoms with Crippen molar-refractivity contribution in [2.75, 3.05) is 7.11 Å². The molecule has 0 rings (SSSR count). The predicted molar refractivity (Wildman–Crippen MR) is 70.9 cm³/mol. The average Bonchev–Trinajstić information content (AvgIpc) is 2.26.